The van der Waals surface area contributed by atoms with Crippen molar-refractivity contribution in [3.63, 3.8) is 0 Å². The van der Waals surface area contributed by atoms with E-state index in [9.17, 15) is 36.2 Å². The van der Waals surface area contributed by atoms with Gasteiger partial charge in [-0.05, 0) is 55.3 Å². The molecule has 3 rings (SSSR count). The van der Waals surface area contributed by atoms with Crippen LogP contribution in [0.2, 0.25) is 0 Å². The Balaban J connectivity index is 1.70. The van der Waals surface area contributed by atoms with E-state index in [4.69, 9.17) is 0 Å². The van der Waals surface area contributed by atoms with Crippen molar-refractivity contribution in [2.75, 3.05) is 28.3 Å². The molecule has 0 bridgehead atoms. The Kier molecular flexibility index (Phi) is 9.79. The van der Waals surface area contributed by atoms with E-state index in [0.29, 0.717) is 0 Å². The number of benzene rings is 2. The van der Waals surface area contributed by atoms with Gasteiger partial charge in [-0.3, -0.25) is 18.6 Å². The number of nitrogens with zero attached hydrogens (tertiary/aromatic N) is 1. The molecular formula is C25H27F4N3O4S. The van der Waals surface area contributed by atoms with E-state index in [0.717, 1.165) is 67.3 Å². The lowest BCUT2D eigenvalue weighted by Crippen LogP contribution is -2.46. The third kappa shape index (κ3) is 8.96. The molecule has 2 N–H and O–H groups in total. The van der Waals surface area contributed by atoms with E-state index in [2.05, 4.69) is 10.6 Å². The van der Waals surface area contributed by atoms with E-state index < -0.39 is 64.1 Å². The highest BCUT2D eigenvalue weighted by Gasteiger charge is 2.32. The molecule has 1 saturated carbocycles. The Morgan fingerprint density at radius 3 is 2.27 bits per heavy atom. The number of rotatable bonds is 9. The molecule has 2 aromatic rings. The Morgan fingerprint density at radius 1 is 0.946 bits per heavy atom. The van der Waals surface area contributed by atoms with Gasteiger partial charge in [0.2, 0.25) is 17.7 Å². The van der Waals surface area contributed by atoms with Gasteiger partial charge < -0.3 is 15.5 Å². The number of hydrogen-bond acceptors (Lipinski definition) is 4. The lowest BCUT2D eigenvalue weighted by atomic mass is 9.95. The highest BCUT2D eigenvalue weighted by atomic mass is 32.2. The molecule has 7 nitrogen and oxygen atoms in total. The van der Waals surface area contributed by atoms with Crippen LogP contribution in [0.25, 0.3) is 0 Å². The van der Waals surface area contributed by atoms with Gasteiger partial charge >= 0.3 is 6.18 Å². The quantitative estimate of drug-likeness (QED) is 0.469. The third-order valence-electron chi connectivity index (χ3n) is 5.76. The van der Waals surface area contributed by atoms with E-state index in [1.807, 2.05) is 0 Å². The number of anilines is 2. The van der Waals surface area contributed by atoms with Crippen molar-refractivity contribution in [3.8, 4) is 0 Å². The Hall–Kier alpha value is -3.28. The summed E-state index contributed by atoms with van der Waals surface area (Å²) in [6, 6.07) is 8.74. The largest absolute Gasteiger partial charge is 0.416 e. The molecule has 1 fully saturated rings. The van der Waals surface area contributed by atoms with Gasteiger partial charge in [0.25, 0.3) is 0 Å². The fourth-order valence-electron chi connectivity index (χ4n) is 3.98. The second-order valence-electron chi connectivity index (χ2n) is 8.71. The number of hydrogen-bond donors (Lipinski definition) is 2. The maximum Gasteiger partial charge on any atom is 0.416 e. The number of carbonyl (C=O) groups excluding carboxylic acids is 3. The Bertz CT molecular complexity index is 1140. The first-order valence-electron chi connectivity index (χ1n) is 11.7. The number of nitrogens with one attached hydrogen (secondary N) is 2. The van der Waals surface area contributed by atoms with Crippen molar-refractivity contribution in [3.05, 3.63) is 59.9 Å². The second kappa shape index (κ2) is 12.8. The predicted octanol–water partition coefficient (Wildman–Crippen LogP) is 4.01. The molecule has 200 valence electrons. The second-order valence-corrected chi connectivity index (χ2v) is 10.2. The van der Waals surface area contributed by atoms with E-state index in [-0.39, 0.29) is 17.4 Å². The molecule has 0 aliphatic heterocycles. The molecule has 0 radical (unpaired) electrons. The zero-order chi connectivity index (χ0) is 27.0. The topological polar surface area (TPSA) is 95.6 Å². The molecule has 2 aromatic carbocycles. The predicted molar refractivity (Wildman–Crippen MR) is 132 cm³/mol. The molecule has 0 saturated heterocycles. The van der Waals surface area contributed by atoms with Crippen LogP contribution >= 0.6 is 0 Å². The molecular weight excluding hydrogens is 514 g/mol. The van der Waals surface area contributed by atoms with Gasteiger partial charge in [-0.2, -0.15) is 13.2 Å². The van der Waals surface area contributed by atoms with Gasteiger partial charge in [-0.1, -0.05) is 25.3 Å². The maximum absolute atomic E-state index is 13.3. The van der Waals surface area contributed by atoms with E-state index in [1.165, 1.54) is 18.2 Å². The van der Waals surface area contributed by atoms with Crippen LogP contribution in [0.3, 0.4) is 0 Å². The number of halogens is 4. The van der Waals surface area contributed by atoms with Crippen LogP contribution in [0, 0.1) is 5.82 Å². The van der Waals surface area contributed by atoms with Crippen molar-refractivity contribution < 1.29 is 36.2 Å². The minimum Gasteiger partial charge on any atom is -0.352 e. The van der Waals surface area contributed by atoms with Gasteiger partial charge in [-0.25, -0.2) is 4.39 Å². The molecule has 0 heterocycles. The van der Waals surface area contributed by atoms with E-state index in [1.54, 1.807) is 0 Å². The van der Waals surface area contributed by atoms with Crippen LogP contribution in [0.1, 0.15) is 37.7 Å². The standard InChI is InChI=1S/C25H27F4N3O4S/c26-18-9-11-20(12-10-18)31-23(34)15-37(36)16-24(35)32(14-22(33)30-19-6-2-1-3-7-19)21-8-4-5-17(13-21)25(27,28)29/h4-5,8-13,19H,1-3,6-7,14-16H2,(H,30,33)(H,31,34)/t37-/m0/s1. The van der Waals surface area contributed by atoms with Crippen LogP contribution in [0.15, 0.2) is 48.5 Å². The minimum atomic E-state index is -4.67. The molecule has 37 heavy (non-hydrogen) atoms. The van der Waals surface area contributed by atoms with Gasteiger partial charge in [-0.15, -0.1) is 0 Å². The summed E-state index contributed by atoms with van der Waals surface area (Å²) in [5.74, 6) is -3.88. The minimum absolute atomic E-state index is 0.0796. The molecule has 1 aliphatic carbocycles. The van der Waals surface area contributed by atoms with Crippen LogP contribution in [-0.4, -0.2) is 46.0 Å². The molecule has 1 atom stereocenters. The fraction of sp³-hybridized carbons (Fsp3) is 0.400. The molecule has 12 heteroatoms. The molecule has 0 spiro atoms. The summed E-state index contributed by atoms with van der Waals surface area (Å²) in [7, 11) is -2.03. The lowest BCUT2D eigenvalue weighted by molar-refractivity contribution is -0.137. The van der Waals surface area contributed by atoms with Crippen LogP contribution in [0.5, 0.6) is 0 Å². The van der Waals surface area contributed by atoms with Crippen molar-refractivity contribution >= 4 is 39.9 Å². The summed E-state index contributed by atoms with van der Waals surface area (Å²) in [6.07, 6.45) is -0.175. The Labute approximate surface area is 214 Å². The van der Waals surface area contributed by atoms with Crippen molar-refractivity contribution in [2.45, 2.75) is 44.3 Å². The zero-order valence-electron chi connectivity index (χ0n) is 19.9. The summed E-state index contributed by atoms with van der Waals surface area (Å²) in [4.78, 5) is 38.7. The average Bonchev–Trinajstić information content (AvgIpc) is 2.84. The summed E-state index contributed by atoms with van der Waals surface area (Å²) in [6.45, 7) is -0.560. The first-order chi connectivity index (χ1) is 17.5. The average molecular weight is 542 g/mol. The van der Waals surface area contributed by atoms with Gasteiger partial charge in [0, 0.05) is 28.2 Å². The molecule has 3 amide bonds. The summed E-state index contributed by atoms with van der Waals surface area (Å²) in [5, 5.41) is 5.24. The fourth-order valence-corrected chi connectivity index (χ4v) is 4.88. The molecule has 1 aliphatic rings. The maximum atomic E-state index is 13.3. The SMILES string of the molecule is O=C(C[S@](=O)CC(=O)N(CC(=O)NC1CCCCC1)c1cccc(C(F)(F)F)c1)Nc1ccc(F)cc1. The first kappa shape index (κ1) is 28.3. The third-order valence-corrected chi connectivity index (χ3v) is 6.92. The van der Waals surface area contributed by atoms with Gasteiger partial charge in [0.05, 0.1) is 5.56 Å². The lowest BCUT2D eigenvalue weighted by Gasteiger charge is -2.26. The van der Waals surface area contributed by atoms with Crippen molar-refractivity contribution in [1.82, 2.24) is 5.32 Å². The van der Waals surface area contributed by atoms with Crippen LogP contribution in [0.4, 0.5) is 28.9 Å². The summed E-state index contributed by atoms with van der Waals surface area (Å²) in [5.41, 5.74) is -0.915. The monoisotopic (exact) mass is 541 g/mol. The normalized spacial score (nSPS) is 15.0. The van der Waals surface area contributed by atoms with Gasteiger partial charge in [0.1, 0.15) is 23.9 Å². The van der Waals surface area contributed by atoms with Crippen molar-refractivity contribution in [1.29, 1.82) is 0 Å². The first-order valence-corrected chi connectivity index (χ1v) is 13.2. The number of alkyl halides is 3. The zero-order valence-corrected chi connectivity index (χ0v) is 20.7. The number of carbonyl (C=O) groups is 3. The highest BCUT2D eigenvalue weighted by Crippen LogP contribution is 2.31. The number of amides is 3. The highest BCUT2D eigenvalue weighted by molar-refractivity contribution is 7.86. The molecule has 0 unspecified atom stereocenters. The Morgan fingerprint density at radius 2 is 1.62 bits per heavy atom. The summed E-state index contributed by atoms with van der Waals surface area (Å²) >= 11 is 0. The van der Waals surface area contributed by atoms with Crippen LogP contribution in [-0.2, 0) is 31.4 Å². The van der Waals surface area contributed by atoms with E-state index >= 15 is 0 Å². The van der Waals surface area contributed by atoms with Crippen LogP contribution < -0.4 is 15.5 Å². The van der Waals surface area contributed by atoms with Crippen molar-refractivity contribution in [2.24, 2.45) is 0 Å². The smallest absolute Gasteiger partial charge is 0.352 e. The molecule has 0 aromatic heterocycles. The summed E-state index contributed by atoms with van der Waals surface area (Å²) < 4.78 is 65.3. The van der Waals surface area contributed by atoms with Gasteiger partial charge in [0.15, 0.2) is 0 Å².